The van der Waals surface area contributed by atoms with Crippen LogP contribution in [0.4, 0.5) is 28.4 Å². The maximum atomic E-state index is 12.9. The standard InChI is InChI=1S/C31H21N3O6.C24H17ClN4O5.Co.3Na/c35-25-16-14-18-9-6-12-24(32-30(38)19-7-2-1-3-8-19)27(18)28(25)34-33-23-15-13-20(17-26(23)36)29(37)21-10-4-5-11-22(21)31(39)40;1-13-21(23(32)29(28-13)16-9-7-15(25)8-10-16)27-26-19-11-6-14(12-20(19)30)22(31)17-4-2-3-5-18(17)24(33)34;;;;/h1-17,35-36H,(H,32,38)(H,39,40);2-12,28,30H,1H3,(H,33,34);;;;/q;;;3*+1. The Bertz CT molecular complexity index is 3860. The minimum Gasteiger partial charge on any atom is -0.871 e. The number of hydrogen-bond donors (Lipinski definition) is 7. The van der Waals surface area contributed by atoms with Gasteiger partial charge in [0.1, 0.15) is 22.9 Å². The number of aryl methyl sites for hydroxylation is 1. The van der Waals surface area contributed by atoms with E-state index in [0.717, 1.165) is 6.07 Å². The van der Waals surface area contributed by atoms with Crippen molar-refractivity contribution in [3.8, 4) is 22.9 Å². The van der Waals surface area contributed by atoms with E-state index in [1.807, 2.05) is 12.1 Å². The van der Waals surface area contributed by atoms with E-state index in [1.54, 1.807) is 79.7 Å². The molecule has 0 fully saturated rings. The van der Waals surface area contributed by atoms with Crippen molar-refractivity contribution in [1.82, 2.24) is 9.78 Å². The number of phenolic OH excluding ortho intramolecular Hbond substituents is 2. The molecule has 18 nitrogen and oxygen atoms in total. The van der Waals surface area contributed by atoms with Gasteiger partial charge in [-0.2, -0.15) is 10.1 Å². The van der Waals surface area contributed by atoms with Gasteiger partial charge in [-0.15, -0.1) is 15.3 Å². The summed E-state index contributed by atoms with van der Waals surface area (Å²) < 4.78 is 1.28. The number of nitrogens with zero attached hydrogens (tertiary/aromatic N) is 5. The molecule has 23 heteroatoms. The molecule has 0 saturated carbocycles. The largest absolute Gasteiger partial charge is 1.00 e. The van der Waals surface area contributed by atoms with Gasteiger partial charge in [-0.1, -0.05) is 96.2 Å². The van der Waals surface area contributed by atoms with E-state index in [1.165, 1.54) is 83.5 Å². The van der Waals surface area contributed by atoms with Gasteiger partial charge in [-0.3, -0.25) is 19.5 Å². The number of carboxylic acids is 2. The molecule has 0 atom stereocenters. The van der Waals surface area contributed by atoms with Gasteiger partial charge in [-0.05, 0) is 97.2 Å². The van der Waals surface area contributed by atoms with Gasteiger partial charge in [0.05, 0.1) is 39.1 Å². The van der Waals surface area contributed by atoms with E-state index in [0.29, 0.717) is 38.4 Å². The first kappa shape index (κ1) is 63.7. The topological polar surface area (TPSA) is 294 Å². The zero-order valence-corrected chi connectivity index (χ0v) is 49.6. The molecule has 1 heterocycles. The molecule has 9 rings (SSSR count). The molecule has 0 unspecified atom stereocenters. The van der Waals surface area contributed by atoms with Crippen LogP contribution < -0.4 is 104 Å². The van der Waals surface area contributed by atoms with Crippen LogP contribution in [0.3, 0.4) is 0 Å². The second kappa shape index (κ2) is 28.7. The number of hydrogen-bond acceptors (Lipinski definition) is 12. The normalized spacial score (nSPS) is 10.8. The molecular formula is C55H38ClCoN7Na3O11+3. The second-order valence-electron chi connectivity index (χ2n) is 16.0. The maximum Gasteiger partial charge on any atom is 1.00 e. The summed E-state index contributed by atoms with van der Waals surface area (Å²) in [6.45, 7) is 1.64. The average Bonchev–Trinajstić information content (AvgIpc) is 3.70. The zero-order valence-electron chi connectivity index (χ0n) is 41.8. The fourth-order valence-electron chi connectivity index (χ4n) is 7.52. The number of benzene rings is 8. The number of phenols is 2. The summed E-state index contributed by atoms with van der Waals surface area (Å²) in [5.41, 5.74) is 1.32. The number of carbonyl (C=O) groups is 4. The van der Waals surface area contributed by atoms with Crippen molar-refractivity contribution < 1.29 is 160 Å². The SMILES string of the molecule is Cc1[nH]n(-c2ccc(Cl)cc2)c(=O)c1N=Nc1ccc(C(=O)c2ccccc2C(=O)O)cc1[O-].O=C(O)c1ccccc1C(=O)c1ccc(N=Nc2c(O)ccc3cccc([NH+]=C(O)c4ccccc4)c23)c(O)c1.[Co].[Na+].[Na+].[Na+]. The number of aromatic hydroxyl groups is 2. The van der Waals surface area contributed by atoms with Gasteiger partial charge in [0.15, 0.2) is 17.3 Å². The van der Waals surface area contributed by atoms with Crippen LogP contribution in [-0.2, 0) is 16.8 Å². The number of carboxylic acid groups (broad SMARTS) is 2. The number of aliphatic hydroxyl groups is 1. The van der Waals surface area contributed by atoms with Crippen molar-refractivity contribution >= 4 is 80.2 Å². The number of fused-ring (bicyclic) bond motifs is 1. The fraction of sp³-hybridized carbons (Fsp3) is 0.0182. The van der Waals surface area contributed by atoms with Crippen molar-refractivity contribution in [2.45, 2.75) is 6.92 Å². The van der Waals surface area contributed by atoms with Crippen molar-refractivity contribution in [2.24, 2.45) is 20.5 Å². The summed E-state index contributed by atoms with van der Waals surface area (Å²) in [4.78, 5) is 64.3. The third kappa shape index (κ3) is 14.6. The number of rotatable bonds is 13. The van der Waals surface area contributed by atoms with Gasteiger partial charge in [0, 0.05) is 50.1 Å². The van der Waals surface area contributed by atoms with Gasteiger partial charge in [0.25, 0.3) is 5.56 Å². The molecule has 0 aliphatic rings. The first-order chi connectivity index (χ1) is 35.6. The summed E-state index contributed by atoms with van der Waals surface area (Å²) in [7, 11) is 0. The third-order valence-electron chi connectivity index (χ3n) is 11.2. The van der Waals surface area contributed by atoms with Crippen LogP contribution in [0, 0.1) is 6.92 Å². The number of azo groups is 2. The molecule has 375 valence electrons. The third-order valence-corrected chi connectivity index (χ3v) is 11.5. The number of aromatic carboxylic acids is 2. The molecule has 8 aromatic carbocycles. The average molecular weight is 1140 g/mol. The number of nitrogens with one attached hydrogen (secondary N) is 2. The number of aliphatic hydroxyl groups excluding tert-OH is 1. The van der Waals surface area contributed by atoms with Crippen LogP contribution in [0.25, 0.3) is 16.5 Å². The minimum atomic E-state index is -1.25. The molecule has 0 spiro atoms. The van der Waals surface area contributed by atoms with Crippen LogP contribution in [0.15, 0.2) is 195 Å². The summed E-state index contributed by atoms with van der Waals surface area (Å²) in [5.74, 6) is -4.91. The van der Waals surface area contributed by atoms with Crippen LogP contribution in [-0.4, -0.2) is 64.7 Å². The van der Waals surface area contributed by atoms with E-state index >= 15 is 0 Å². The van der Waals surface area contributed by atoms with Crippen LogP contribution >= 0.6 is 11.6 Å². The number of aromatic amines is 1. The van der Waals surface area contributed by atoms with E-state index in [9.17, 15) is 54.6 Å². The molecule has 1 aromatic heterocycles. The Labute approximate surface area is 525 Å². The number of aromatic nitrogens is 2. The number of halogens is 1. The number of H-pyrrole nitrogens is 1. The molecule has 0 saturated heterocycles. The molecule has 1 radical (unpaired) electrons. The molecule has 0 aliphatic carbocycles. The Kier molecular flexibility index (Phi) is 23.4. The van der Waals surface area contributed by atoms with Crippen LogP contribution in [0.2, 0.25) is 5.02 Å². The minimum absolute atomic E-state index is 0. The summed E-state index contributed by atoms with van der Waals surface area (Å²) in [6.07, 6.45) is 0. The predicted octanol–water partition coefficient (Wildman–Crippen LogP) is 0.868. The molecule has 0 bridgehead atoms. The van der Waals surface area contributed by atoms with Crippen LogP contribution in [0.5, 0.6) is 17.2 Å². The summed E-state index contributed by atoms with van der Waals surface area (Å²) in [5, 5.41) is 83.8. The first-order valence-corrected chi connectivity index (χ1v) is 22.4. The van der Waals surface area contributed by atoms with Crippen molar-refractivity contribution in [1.29, 1.82) is 0 Å². The van der Waals surface area contributed by atoms with Gasteiger partial charge in [-0.25, -0.2) is 14.3 Å². The van der Waals surface area contributed by atoms with E-state index in [-0.39, 0.29) is 179 Å². The van der Waals surface area contributed by atoms with Crippen molar-refractivity contribution in [3.05, 3.63) is 230 Å². The Hall–Kier alpha value is -6.82. The summed E-state index contributed by atoms with van der Waals surface area (Å²) >= 11 is 5.89. The smallest absolute Gasteiger partial charge is 0.871 e. The number of ketones is 2. The molecular weight excluding hydrogens is 1100 g/mol. The zero-order chi connectivity index (χ0) is 52.6. The van der Waals surface area contributed by atoms with Crippen molar-refractivity contribution in [2.75, 3.05) is 0 Å². The quantitative estimate of drug-likeness (QED) is 0.0280. The predicted molar refractivity (Wildman–Crippen MR) is 272 cm³/mol. The van der Waals surface area contributed by atoms with E-state index < -0.39 is 34.8 Å². The Morgan fingerprint density at radius 1 is 0.564 bits per heavy atom. The van der Waals surface area contributed by atoms with Crippen molar-refractivity contribution in [3.63, 3.8) is 0 Å². The molecule has 7 N–H and O–H groups in total. The van der Waals surface area contributed by atoms with E-state index in [2.05, 4.69) is 30.5 Å². The Balaban J connectivity index is 0.000000324. The van der Waals surface area contributed by atoms with E-state index in [4.69, 9.17) is 11.6 Å². The monoisotopic (exact) mass is 1140 g/mol. The molecule has 0 aliphatic heterocycles. The molecule has 0 amide bonds. The number of carbonyl (C=O) groups excluding carboxylic acids is 2. The van der Waals surface area contributed by atoms with Gasteiger partial charge >= 0.3 is 107 Å². The van der Waals surface area contributed by atoms with Gasteiger partial charge in [0.2, 0.25) is 5.69 Å². The fourth-order valence-corrected chi connectivity index (χ4v) is 7.64. The Morgan fingerprint density at radius 3 is 1.65 bits per heavy atom. The first-order valence-electron chi connectivity index (χ1n) is 22.0. The second-order valence-corrected chi connectivity index (χ2v) is 16.5. The Morgan fingerprint density at radius 2 is 1.09 bits per heavy atom. The van der Waals surface area contributed by atoms with Crippen LogP contribution in [0.1, 0.15) is 63.8 Å². The molecule has 78 heavy (non-hydrogen) atoms. The maximum absolute atomic E-state index is 12.9. The van der Waals surface area contributed by atoms with Gasteiger partial charge < -0.3 is 30.6 Å². The molecule has 9 aromatic rings. The summed E-state index contributed by atoms with van der Waals surface area (Å²) in [6, 6.07) is 43.2.